The average Bonchev–Trinajstić information content (AvgIpc) is 2.85. The Hall–Kier alpha value is -1.85. The smallest absolute Gasteiger partial charge is 0.230 e. The molecule has 0 aliphatic rings. The lowest BCUT2D eigenvalue weighted by Crippen LogP contribution is -2.17. The van der Waals surface area contributed by atoms with Crippen LogP contribution in [0.4, 0.5) is 0 Å². The summed E-state index contributed by atoms with van der Waals surface area (Å²) in [4.78, 5) is 12.4. The maximum absolute atomic E-state index is 12.4. The van der Waals surface area contributed by atoms with Gasteiger partial charge in [0.25, 0.3) is 0 Å². The Bertz CT molecular complexity index is 853. The zero-order valence-electron chi connectivity index (χ0n) is 10.5. The lowest BCUT2D eigenvalue weighted by Gasteiger charge is -2.08. The minimum Gasteiger partial charge on any atom is -0.295 e. The second-order valence-electron chi connectivity index (χ2n) is 4.48. The Morgan fingerprint density at radius 1 is 1.35 bits per heavy atom. The summed E-state index contributed by atoms with van der Waals surface area (Å²) in [5, 5.41) is 11.7. The third-order valence-corrected chi connectivity index (χ3v) is 3.74. The summed E-state index contributed by atoms with van der Waals surface area (Å²) in [6, 6.07) is 5.23. The molecule has 0 saturated heterocycles. The molecular formula is C13H10Cl2N4O. The number of aromatic amines is 1. The Labute approximate surface area is 124 Å². The Morgan fingerprint density at radius 3 is 2.90 bits per heavy atom. The van der Waals surface area contributed by atoms with Crippen molar-refractivity contribution in [3.8, 4) is 0 Å². The van der Waals surface area contributed by atoms with E-state index >= 15 is 0 Å². The number of rotatable bonds is 2. The largest absolute Gasteiger partial charge is 0.295 e. The van der Waals surface area contributed by atoms with E-state index in [4.69, 9.17) is 23.2 Å². The molecule has 0 atom stereocenters. The van der Waals surface area contributed by atoms with E-state index in [1.165, 1.54) is 10.8 Å². The van der Waals surface area contributed by atoms with Gasteiger partial charge in [-0.2, -0.15) is 0 Å². The van der Waals surface area contributed by atoms with Crippen molar-refractivity contribution in [1.82, 2.24) is 19.8 Å². The van der Waals surface area contributed by atoms with E-state index in [0.717, 1.165) is 11.3 Å². The molecule has 0 spiro atoms. The average molecular weight is 309 g/mol. The zero-order chi connectivity index (χ0) is 14.3. The molecule has 3 rings (SSSR count). The molecule has 5 nitrogen and oxygen atoms in total. The monoisotopic (exact) mass is 308 g/mol. The van der Waals surface area contributed by atoms with Gasteiger partial charge in [0.1, 0.15) is 6.33 Å². The van der Waals surface area contributed by atoms with E-state index in [1.54, 1.807) is 12.1 Å². The molecule has 0 fully saturated rings. The molecule has 0 unspecified atom stereocenters. The first-order valence-electron chi connectivity index (χ1n) is 5.91. The summed E-state index contributed by atoms with van der Waals surface area (Å²) < 4.78 is 1.50. The van der Waals surface area contributed by atoms with Gasteiger partial charge in [0.05, 0.1) is 0 Å². The van der Waals surface area contributed by atoms with Crippen molar-refractivity contribution in [3.05, 3.63) is 61.6 Å². The van der Waals surface area contributed by atoms with Crippen molar-refractivity contribution in [2.24, 2.45) is 0 Å². The number of aromatic nitrogens is 4. The summed E-state index contributed by atoms with van der Waals surface area (Å²) in [7, 11) is 0. The molecule has 0 saturated carbocycles. The van der Waals surface area contributed by atoms with Crippen molar-refractivity contribution < 1.29 is 0 Å². The first-order chi connectivity index (χ1) is 9.56. The predicted octanol–water partition coefficient (Wildman–Crippen LogP) is 2.62. The van der Waals surface area contributed by atoms with Crippen LogP contribution in [-0.4, -0.2) is 19.8 Å². The van der Waals surface area contributed by atoms with Crippen molar-refractivity contribution in [2.45, 2.75) is 13.3 Å². The van der Waals surface area contributed by atoms with Gasteiger partial charge < -0.3 is 0 Å². The van der Waals surface area contributed by atoms with Crippen LogP contribution in [0.5, 0.6) is 0 Å². The van der Waals surface area contributed by atoms with E-state index in [-0.39, 0.29) is 11.1 Å². The lowest BCUT2D eigenvalue weighted by molar-refractivity contribution is 0.865. The Morgan fingerprint density at radius 2 is 2.15 bits per heavy atom. The van der Waals surface area contributed by atoms with Crippen molar-refractivity contribution >= 4 is 28.8 Å². The summed E-state index contributed by atoms with van der Waals surface area (Å²) in [5.41, 5.74) is 2.34. The van der Waals surface area contributed by atoms with Crippen LogP contribution in [0.3, 0.4) is 0 Å². The van der Waals surface area contributed by atoms with Crippen LogP contribution in [0.15, 0.2) is 29.3 Å². The standard InChI is InChI=1S/C13H10Cl2N4O/c1-7-10(4-8-2-3-9(14)5-11(8)15)12(20)13-17-16-6-19(13)18-7/h2-3,5-6,18H,4H2,1H3. The highest BCUT2D eigenvalue weighted by molar-refractivity contribution is 6.35. The molecule has 0 amide bonds. The van der Waals surface area contributed by atoms with Gasteiger partial charge in [0.2, 0.25) is 11.1 Å². The van der Waals surface area contributed by atoms with Crippen LogP contribution in [-0.2, 0) is 6.42 Å². The fraction of sp³-hybridized carbons (Fsp3) is 0.154. The molecule has 102 valence electrons. The quantitative estimate of drug-likeness (QED) is 0.791. The number of H-pyrrole nitrogens is 1. The predicted molar refractivity (Wildman–Crippen MR) is 77.6 cm³/mol. The minimum absolute atomic E-state index is 0.148. The number of nitrogens with one attached hydrogen (secondary N) is 1. The molecule has 0 aliphatic carbocycles. The van der Waals surface area contributed by atoms with E-state index in [9.17, 15) is 4.79 Å². The molecule has 2 heterocycles. The van der Waals surface area contributed by atoms with Crippen molar-refractivity contribution in [3.63, 3.8) is 0 Å². The minimum atomic E-state index is -0.148. The molecule has 0 radical (unpaired) electrons. The normalized spacial score (nSPS) is 11.2. The van der Waals surface area contributed by atoms with Crippen molar-refractivity contribution in [1.29, 1.82) is 0 Å². The molecule has 1 aromatic carbocycles. The van der Waals surface area contributed by atoms with Gasteiger partial charge in [-0.15, -0.1) is 10.2 Å². The SMILES string of the molecule is Cc1[nH]n2cnnc2c(=O)c1Cc1ccc(Cl)cc1Cl. The second-order valence-corrected chi connectivity index (χ2v) is 5.33. The number of hydrogen-bond acceptors (Lipinski definition) is 3. The van der Waals surface area contributed by atoms with Gasteiger partial charge in [-0.3, -0.25) is 9.89 Å². The van der Waals surface area contributed by atoms with Crippen LogP contribution < -0.4 is 5.43 Å². The highest BCUT2D eigenvalue weighted by Crippen LogP contribution is 2.23. The molecule has 2 aromatic heterocycles. The fourth-order valence-electron chi connectivity index (χ4n) is 2.09. The fourth-order valence-corrected chi connectivity index (χ4v) is 2.57. The topological polar surface area (TPSA) is 63.1 Å². The van der Waals surface area contributed by atoms with Gasteiger partial charge in [0, 0.05) is 27.7 Å². The molecular weight excluding hydrogens is 299 g/mol. The third-order valence-electron chi connectivity index (χ3n) is 3.15. The van der Waals surface area contributed by atoms with Crippen LogP contribution >= 0.6 is 23.2 Å². The number of benzene rings is 1. The highest BCUT2D eigenvalue weighted by Gasteiger charge is 2.13. The summed E-state index contributed by atoms with van der Waals surface area (Å²) >= 11 is 12.0. The molecule has 20 heavy (non-hydrogen) atoms. The molecule has 3 aromatic rings. The van der Waals surface area contributed by atoms with Crippen molar-refractivity contribution in [2.75, 3.05) is 0 Å². The van der Waals surface area contributed by atoms with Crippen LogP contribution in [0.2, 0.25) is 10.0 Å². The number of hydrogen-bond donors (Lipinski definition) is 1. The molecule has 7 heteroatoms. The van der Waals surface area contributed by atoms with Gasteiger partial charge in [-0.1, -0.05) is 29.3 Å². The second kappa shape index (κ2) is 4.92. The van der Waals surface area contributed by atoms with E-state index in [1.807, 2.05) is 13.0 Å². The van der Waals surface area contributed by atoms with E-state index in [2.05, 4.69) is 15.3 Å². The van der Waals surface area contributed by atoms with Gasteiger partial charge >= 0.3 is 0 Å². The van der Waals surface area contributed by atoms with E-state index in [0.29, 0.717) is 22.0 Å². The summed E-state index contributed by atoms with van der Waals surface area (Å²) in [6.45, 7) is 1.83. The first-order valence-corrected chi connectivity index (χ1v) is 6.67. The van der Waals surface area contributed by atoms with Crippen LogP contribution in [0.1, 0.15) is 16.8 Å². The van der Waals surface area contributed by atoms with E-state index < -0.39 is 0 Å². The number of nitrogens with zero attached hydrogens (tertiary/aromatic N) is 3. The number of fused-ring (bicyclic) bond motifs is 1. The third kappa shape index (κ3) is 2.19. The van der Waals surface area contributed by atoms with Gasteiger partial charge in [0.15, 0.2) is 0 Å². The maximum Gasteiger partial charge on any atom is 0.230 e. The summed E-state index contributed by atoms with van der Waals surface area (Å²) in [5.74, 6) is 0. The van der Waals surface area contributed by atoms with Gasteiger partial charge in [-0.05, 0) is 24.6 Å². The Balaban J connectivity index is 2.12. The molecule has 1 N–H and O–H groups in total. The first kappa shape index (κ1) is 13.1. The van der Waals surface area contributed by atoms with Gasteiger partial charge in [-0.25, -0.2) is 4.52 Å². The van der Waals surface area contributed by atoms with Crippen LogP contribution in [0, 0.1) is 6.92 Å². The number of halogens is 2. The zero-order valence-corrected chi connectivity index (χ0v) is 12.0. The number of aryl methyl sites for hydroxylation is 1. The lowest BCUT2D eigenvalue weighted by atomic mass is 10.0. The molecule has 0 bridgehead atoms. The Kier molecular flexibility index (Phi) is 3.23. The molecule has 0 aliphatic heterocycles. The highest BCUT2D eigenvalue weighted by atomic mass is 35.5. The summed E-state index contributed by atoms with van der Waals surface area (Å²) in [6.07, 6.45) is 1.88. The van der Waals surface area contributed by atoms with Crippen LogP contribution in [0.25, 0.3) is 5.65 Å². The maximum atomic E-state index is 12.4.